The summed E-state index contributed by atoms with van der Waals surface area (Å²) in [6, 6.07) is 17.3. The number of nitrogens with zero attached hydrogens (tertiary/aromatic N) is 1. The van der Waals surface area contributed by atoms with Crippen molar-refractivity contribution in [3.8, 4) is 0 Å². The summed E-state index contributed by atoms with van der Waals surface area (Å²) in [5.41, 5.74) is 1.68. The van der Waals surface area contributed by atoms with Gasteiger partial charge in [-0.1, -0.05) is 60.7 Å². The summed E-state index contributed by atoms with van der Waals surface area (Å²) in [4.78, 5) is 39.8. The van der Waals surface area contributed by atoms with Crippen LogP contribution in [0.2, 0.25) is 0 Å². The second-order valence-electron chi connectivity index (χ2n) is 7.58. The fourth-order valence-corrected chi connectivity index (χ4v) is 3.54. The van der Waals surface area contributed by atoms with Crippen LogP contribution in [0.4, 0.5) is 0 Å². The Morgan fingerprint density at radius 1 is 1.00 bits per heavy atom. The van der Waals surface area contributed by atoms with E-state index in [1.54, 1.807) is 4.90 Å². The van der Waals surface area contributed by atoms with Crippen molar-refractivity contribution in [1.82, 2.24) is 15.5 Å². The maximum atomic E-state index is 13.1. The summed E-state index contributed by atoms with van der Waals surface area (Å²) < 4.78 is 0. The van der Waals surface area contributed by atoms with Crippen LogP contribution in [-0.4, -0.2) is 34.7 Å². The lowest BCUT2D eigenvalue weighted by atomic mass is 10.0. The van der Waals surface area contributed by atoms with Gasteiger partial charge in [0.05, 0.1) is 0 Å². The molecule has 2 aromatic carbocycles. The van der Waals surface area contributed by atoms with Gasteiger partial charge >= 0.3 is 0 Å². The van der Waals surface area contributed by atoms with Crippen molar-refractivity contribution < 1.29 is 14.4 Å². The summed E-state index contributed by atoms with van der Waals surface area (Å²) in [5.74, 6) is -0.616. The van der Waals surface area contributed by atoms with Crippen molar-refractivity contribution in [3.63, 3.8) is 0 Å². The van der Waals surface area contributed by atoms with E-state index in [4.69, 9.17) is 0 Å². The first kappa shape index (κ1) is 20.6. The number of likely N-dealkylation sites (tertiary alicyclic amines) is 1. The number of amides is 3. The Kier molecular flexibility index (Phi) is 6.65. The van der Waals surface area contributed by atoms with E-state index in [-0.39, 0.29) is 23.8 Å². The lowest BCUT2D eigenvalue weighted by Gasteiger charge is -2.27. The first-order valence-electron chi connectivity index (χ1n) is 9.95. The molecule has 6 heteroatoms. The van der Waals surface area contributed by atoms with Crippen molar-refractivity contribution in [1.29, 1.82) is 0 Å². The molecular formula is C23H27N3O3. The number of nitrogens with one attached hydrogen (secondary N) is 2. The van der Waals surface area contributed by atoms with Crippen LogP contribution in [0.3, 0.4) is 0 Å². The SMILES string of the molecule is CC(C)NC(=O)C(NC(=O)C1CCC(=O)N1Cc1ccccc1)c1ccccc1. The summed E-state index contributed by atoms with van der Waals surface area (Å²) in [7, 11) is 0. The average molecular weight is 393 g/mol. The Hall–Kier alpha value is -3.15. The topological polar surface area (TPSA) is 78.5 Å². The molecule has 3 amide bonds. The summed E-state index contributed by atoms with van der Waals surface area (Å²) >= 11 is 0. The number of rotatable bonds is 7. The van der Waals surface area contributed by atoms with Gasteiger partial charge in [-0.05, 0) is 31.4 Å². The van der Waals surface area contributed by atoms with Crippen LogP contribution in [0.1, 0.15) is 43.9 Å². The number of carbonyl (C=O) groups excluding carboxylic acids is 3. The van der Waals surface area contributed by atoms with Gasteiger partial charge in [0.25, 0.3) is 0 Å². The number of hydrogen-bond acceptors (Lipinski definition) is 3. The van der Waals surface area contributed by atoms with Gasteiger partial charge in [-0.2, -0.15) is 0 Å². The molecule has 2 unspecified atom stereocenters. The normalized spacial score (nSPS) is 17.3. The third kappa shape index (κ3) is 5.22. The quantitative estimate of drug-likeness (QED) is 0.759. The summed E-state index contributed by atoms with van der Waals surface area (Å²) in [6.45, 7) is 4.13. The number of hydrogen-bond donors (Lipinski definition) is 2. The molecule has 1 aliphatic rings. The second-order valence-corrected chi connectivity index (χ2v) is 7.58. The Morgan fingerprint density at radius 2 is 1.62 bits per heavy atom. The zero-order valence-electron chi connectivity index (χ0n) is 16.8. The van der Waals surface area contributed by atoms with Gasteiger partial charge in [-0.25, -0.2) is 0 Å². The highest BCUT2D eigenvalue weighted by Crippen LogP contribution is 2.23. The average Bonchev–Trinajstić information content (AvgIpc) is 3.07. The molecule has 0 spiro atoms. The molecule has 1 saturated heterocycles. The first-order chi connectivity index (χ1) is 14.0. The molecule has 1 heterocycles. The predicted octanol–water partition coefficient (Wildman–Crippen LogP) is 2.56. The molecule has 2 N–H and O–H groups in total. The fourth-order valence-electron chi connectivity index (χ4n) is 3.54. The van der Waals surface area contributed by atoms with E-state index >= 15 is 0 Å². The minimum absolute atomic E-state index is 0.0445. The monoisotopic (exact) mass is 393 g/mol. The van der Waals surface area contributed by atoms with Gasteiger partial charge in [0, 0.05) is 19.0 Å². The molecule has 6 nitrogen and oxygen atoms in total. The molecule has 0 bridgehead atoms. The molecule has 0 aromatic heterocycles. The highest BCUT2D eigenvalue weighted by atomic mass is 16.2. The highest BCUT2D eigenvalue weighted by Gasteiger charge is 2.37. The van der Waals surface area contributed by atoms with Crippen LogP contribution in [-0.2, 0) is 20.9 Å². The van der Waals surface area contributed by atoms with Crippen LogP contribution in [0.25, 0.3) is 0 Å². The Labute approximate surface area is 171 Å². The van der Waals surface area contributed by atoms with Gasteiger partial charge in [0.2, 0.25) is 17.7 Å². The Balaban J connectivity index is 1.77. The predicted molar refractivity (Wildman–Crippen MR) is 111 cm³/mol. The molecule has 1 fully saturated rings. The molecular weight excluding hydrogens is 366 g/mol. The zero-order chi connectivity index (χ0) is 20.8. The van der Waals surface area contributed by atoms with Crippen LogP contribution in [0.15, 0.2) is 60.7 Å². The highest BCUT2D eigenvalue weighted by molar-refractivity contribution is 5.94. The summed E-state index contributed by atoms with van der Waals surface area (Å²) in [5, 5.41) is 5.73. The Bertz CT molecular complexity index is 852. The molecule has 2 aromatic rings. The van der Waals surface area contributed by atoms with E-state index in [2.05, 4.69) is 10.6 Å². The van der Waals surface area contributed by atoms with Gasteiger partial charge in [-0.15, -0.1) is 0 Å². The van der Waals surface area contributed by atoms with Crippen LogP contribution in [0.5, 0.6) is 0 Å². The van der Waals surface area contributed by atoms with Gasteiger partial charge in [-0.3, -0.25) is 14.4 Å². The molecule has 3 rings (SSSR count). The Morgan fingerprint density at radius 3 is 2.24 bits per heavy atom. The molecule has 0 saturated carbocycles. The van der Waals surface area contributed by atoms with Crippen molar-refractivity contribution in [2.45, 2.75) is 51.4 Å². The van der Waals surface area contributed by atoms with E-state index in [1.807, 2.05) is 74.5 Å². The van der Waals surface area contributed by atoms with E-state index in [1.165, 1.54) is 0 Å². The summed E-state index contributed by atoms with van der Waals surface area (Å²) in [6.07, 6.45) is 0.782. The van der Waals surface area contributed by atoms with Crippen LogP contribution in [0, 0.1) is 0 Å². The zero-order valence-corrected chi connectivity index (χ0v) is 16.8. The minimum Gasteiger partial charge on any atom is -0.352 e. The maximum absolute atomic E-state index is 13.1. The van der Waals surface area contributed by atoms with Crippen LogP contribution >= 0.6 is 0 Å². The van der Waals surface area contributed by atoms with Gasteiger partial charge in [0.15, 0.2) is 0 Å². The van der Waals surface area contributed by atoms with E-state index < -0.39 is 12.1 Å². The maximum Gasteiger partial charge on any atom is 0.247 e. The third-order valence-corrected chi connectivity index (χ3v) is 4.94. The largest absolute Gasteiger partial charge is 0.352 e. The standard InChI is InChI=1S/C23H27N3O3/c1-16(2)24-23(29)21(18-11-7-4-8-12-18)25-22(28)19-13-14-20(27)26(19)15-17-9-5-3-6-10-17/h3-12,16,19,21H,13-15H2,1-2H3,(H,24,29)(H,25,28). The van der Waals surface area contributed by atoms with Crippen molar-refractivity contribution in [2.75, 3.05) is 0 Å². The van der Waals surface area contributed by atoms with Crippen molar-refractivity contribution >= 4 is 17.7 Å². The van der Waals surface area contributed by atoms with Crippen molar-refractivity contribution in [3.05, 3.63) is 71.8 Å². The smallest absolute Gasteiger partial charge is 0.247 e. The number of benzene rings is 2. The lowest BCUT2D eigenvalue weighted by molar-refractivity contribution is -0.137. The third-order valence-electron chi connectivity index (χ3n) is 4.94. The molecule has 0 radical (unpaired) electrons. The van der Waals surface area contributed by atoms with Crippen molar-refractivity contribution in [2.24, 2.45) is 0 Å². The minimum atomic E-state index is -0.805. The van der Waals surface area contributed by atoms with Crippen LogP contribution < -0.4 is 10.6 Å². The molecule has 2 atom stereocenters. The number of carbonyl (C=O) groups is 3. The molecule has 0 aliphatic carbocycles. The van der Waals surface area contributed by atoms with Gasteiger partial charge < -0.3 is 15.5 Å². The van der Waals surface area contributed by atoms with E-state index in [0.717, 1.165) is 5.56 Å². The first-order valence-corrected chi connectivity index (χ1v) is 9.95. The fraction of sp³-hybridized carbons (Fsp3) is 0.348. The molecule has 1 aliphatic heterocycles. The van der Waals surface area contributed by atoms with Gasteiger partial charge in [0.1, 0.15) is 12.1 Å². The second kappa shape index (κ2) is 9.37. The van der Waals surface area contributed by atoms with E-state index in [9.17, 15) is 14.4 Å². The lowest BCUT2D eigenvalue weighted by Crippen LogP contribution is -2.49. The molecule has 29 heavy (non-hydrogen) atoms. The van der Waals surface area contributed by atoms with E-state index in [0.29, 0.717) is 24.9 Å². The molecule has 152 valence electrons.